The molecule has 0 unspecified atom stereocenters. The fraction of sp³-hybridized carbons (Fsp3) is 0.500. The molecular weight excluding hydrogens is 552 g/mol. The van der Waals surface area contributed by atoms with Gasteiger partial charge in [-0.3, -0.25) is 23.7 Å². The van der Waals surface area contributed by atoms with Crippen molar-refractivity contribution < 1.29 is 33.0 Å². The molecule has 15 heteroatoms. The number of aliphatic hydroxyl groups is 1. The van der Waals surface area contributed by atoms with Crippen LogP contribution in [-0.2, 0) is 23.4 Å². The second kappa shape index (κ2) is 11.7. The summed E-state index contributed by atoms with van der Waals surface area (Å²) in [5, 5.41) is 13.2. The molecule has 2 heterocycles. The van der Waals surface area contributed by atoms with Crippen molar-refractivity contribution in [2.24, 2.45) is 0 Å². The number of nitrogens with one attached hydrogen (secondary N) is 2. The third-order valence-corrected chi connectivity index (χ3v) is 7.68. The lowest BCUT2D eigenvalue weighted by Gasteiger charge is -2.25. The van der Waals surface area contributed by atoms with Crippen LogP contribution >= 0.6 is 30.9 Å². The number of hydrogen-bond donors (Lipinski definition) is 3. The fourth-order valence-corrected chi connectivity index (χ4v) is 5.47. The molecule has 0 amide bonds. The average Bonchev–Trinajstić information content (AvgIpc) is 3.03. The van der Waals surface area contributed by atoms with Crippen molar-refractivity contribution in [1.29, 1.82) is 0 Å². The van der Waals surface area contributed by atoms with E-state index in [2.05, 4.69) is 10.1 Å². The highest BCUT2D eigenvalue weighted by Gasteiger charge is 2.56. The highest BCUT2D eigenvalue weighted by Crippen LogP contribution is 2.49. The fourth-order valence-electron chi connectivity index (χ4n) is 3.37. The van der Waals surface area contributed by atoms with Crippen LogP contribution < -0.4 is 20.9 Å². The molecule has 0 bridgehead atoms. The van der Waals surface area contributed by atoms with E-state index >= 15 is 0 Å². The molecular formula is C22H28Cl2N3O9P. The van der Waals surface area contributed by atoms with Crippen molar-refractivity contribution in [2.75, 3.05) is 6.61 Å². The molecule has 1 aromatic carbocycles. The minimum atomic E-state index is -4.28. The van der Waals surface area contributed by atoms with Gasteiger partial charge in [0.25, 0.3) is 5.56 Å². The maximum absolute atomic E-state index is 13.6. The number of alkyl halides is 2. The number of para-hydroxylation sites is 1. The summed E-state index contributed by atoms with van der Waals surface area (Å²) in [6.45, 7) is 5.63. The topological polar surface area (TPSA) is 158 Å². The lowest BCUT2D eigenvalue weighted by atomic mass is 10.1. The summed E-state index contributed by atoms with van der Waals surface area (Å²) in [6.07, 6.45) is -3.55. The Balaban J connectivity index is 1.82. The minimum absolute atomic E-state index is 0.174. The molecule has 0 radical (unpaired) electrons. The van der Waals surface area contributed by atoms with Gasteiger partial charge in [-0.25, -0.2) is 9.36 Å². The van der Waals surface area contributed by atoms with Crippen molar-refractivity contribution in [3.63, 3.8) is 0 Å². The zero-order valence-electron chi connectivity index (χ0n) is 20.4. The Morgan fingerprint density at radius 3 is 2.54 bits per heavy atom. The van der Waals surface area contributed by atoms with Gasteiger partial charge >= 0.3 is 19.4 Å². The van der Waals surface area contributed by atoms with Crippen LogP contribution in [0.4, 0.5) is 0 Å². The van der Waals surface area contributed by atoms with Crippen molar-refractivity contribution in [2.45, 2.75) is 62.6 Å². The average molecular weight is 580 g/mol. The molecule has 3 rings (SSSR count). The first-order valence-corrected chi connectivity index (χ1v) is 13.5. The lowest BCUT2D eigenvalue weighted by Crippen LogP contribution is -2.42. The second-order valence-electron chi connectivity index (χ2n) is 8.66. The van der Waals surface area contributed by atoms with Gasteiger partial charge in [0.1, 0.15) is 24.0 Å². The van der Waals surface area contributed by atoms with Gasteiger partial charge in [-0.15, -0.1) is 0 Å². The Morgan fingerprint density at radius 2 is 1.92 bits per heavy atom. The predicted molar refractivity (Wildman–Crippen MR) is 135 cm³/mol. The Hall–Kier alpha value is -2.18. The van der Waals surface area contributed by atoms with Gasteiger partial charge in [-0.2, -0.15) is 5.09 Å². The molecule has 5 atom stereocenters. The Labute approximate surface area is 222 Å². The van der Waals surface area contributed by atoms with Gasteiger partial charge < -0.3 is 19.1 Å². The predicted octanol–water partition coefficient (Wildman–Crippen LogP) is 2.41. The molecule has 3 N–H and O–H groups in total. The molecule has 12 nitrogen and oxygen atoms in total. The van der Waals surface area contributed by atoms with Gasteiger partial charge in [-0.05, 0) is 39.8 Å². The number of aryl methyl sites for hydroxylation is 1. The number of carbonyl (C=O) groups excluding carboxylic acids is 1. The van der Waals surface area contributed by atoms with Gasteiger partial charge in [0.15, 0.2) is 10.6 Å². The number of carbonyl (C=O) groups is 1. The van der Waals surface area contributed by atoms with Gasteiger partial charge in [0.2, 0.25) is 0 Å². The molecule has 0 aliphatic carbocycles. The zero-order valence-corrected chi connectivity index (χ0v) is 22.8. The van der Waals surface area contributed by atoms with Crippen LogP contribution in [0.2, 0.25) is 0 Å². The summed E-state index contributed by atoms with van der Waals surface area (Å²) in [7, 11) is -4.28. The van der Waals surface area contributed by atoms with E-state index < -0.39 is 66.5 Å². The number of benzene rings is 1. The van der Waals surface area contributed by atoms with E-state index in [0.29, 0.717) is 0 Å². The molecule has 1 aliphatic heterocycles. The van der Waals surface area contributed by atoms with Crippen molar-refractivity contribution in [1.82, 2.24) is 14.6 Å². The van der Waals surface area contributed by atoms with E-state index in [0.717, 1.165) is 4.57 Å². The Bertz CT molecular complexity index is 1270. The number of halogens is 2. The summed E-state index contributed by atoms with van der Waals surface area (Å²) in [6, 6.07) is 6.96. The number of aromatic amines is 1. The van der Waals surface area contributed by atoms with Crippen molar-refractivity contribution >= 4 is 36.9 Å². The number of rotatable bonds is 10. The van der Waals surface area contributed by atoms with Crippen LogP contribution in [-0.4, -0.2) is 55.9 Å². The van der Waals surface area contributed by atoms with E-state index in [9.17, 15) is 24.1 Å². The molecule has 1 aliphatic rings. The maximum atomic E-state index is 13.6. The molecule has 2 aromatic rings. The highest BCUT2D eigenvalue weighted by atomic mass is 35.5. The first-order valence-electron chi connectivity index (χ1n) is 11.2. The molecule has 1 fully saturated rings. The smallest absolute Gasteiger partial charge is 0.459 e. The van der Waals surface area contributed by atoms with E-state index in [1.54, 1.807) is 32.0 Å². The van der Waals surface area contributed by atoms with Crippen LogP contribution in [0.5, 0.6) is 5.75 Å². The number of H-pyrrole nitrogens is 1. The van der Waals surface area contributed by atoms with Gasteiger partial charge in [0, 0.05) is 11.8 Å². The Morgan fingerprint density at radius 1 is 1.27 bits per heavy atom. The van der Waals surface area contributed by atoms with E-state index in [4.69, 9.17) is 41.7 Å². The van der Waals surface area contributed by atoms with Crippen LogP contribution in [0, 0.1) is 6.92 Å². The molecule has 0 spiro atoms. The molecule has 37 heavy (non-hydrogen) atoms. The summed E-state index contributed by atoms with van der Waals surface area (Å²) in [5.74, 6) is -0.520. The summed E-state index contributed by atoms with van der Waals surface area (Å²) < 4.78 is 34.4. The summed E-state index contributed by atoms with van der Waals surface area (Å²) >= 11 is 12.7. The largest absolute Gasteiger partial charge is 0.462 e. The number of aromatic nitrogens is 2. The molecule has 0 saturated carbocycles. The SMILES string of the molecule is Cc1cn([C@@H]2O[C@H](CO[P@@](=O)(N[C@@H](C)C(=O)OC(C)C)Oc3ccccc3)[C@@H](O)C2(Cl)Cl)c(=O)[nH]c1=O. The van der Waals surface area contributed by atoms with E-state index in [-0.39, 0.29) is 11.3 Å². The third-order valence-electron chi connectivity index (χ3n) is 5.21. The molecule has 204 valence electrons. The highest BCUT2D eigenvalue weighted by molar-refractivity contribution is 7.52. The van der Waals surface area contributed by atoms with Crippen LogP contribution in [0.25, 0.3) is 0 Å². The van der Waals surface area contributed by atoms with Crippen molar-refractivity contribution in [3.8, 4) is 5.75 Å². The first kappa shape index (κ1) is 29.4. The number of esters is 1. The zero-order chi connectivity index (χ0) is 27.5. The van der Waals surface area contributed by atoms with Gasteiger partial charge in [0.05, 0.1) is 12.7 Å². The number of hydrogen-bond acceptors (Lipinski definition) is 9. The normalized spacial score (nSPS) is 23.4. The quantitative estimate of drug-likeness (QED) is 0.217. The van der Waals surface area contributed by atoms with E-state index in [1.165, 1.54) is 32.2 Å². The first-order chi connectivity index (χ1) is 17.2. The number of aliphatic hydroxyl groups excluding tert-OH is 1. The maximum Gasteiger partial charge on any atom is 0.459 e. The number of ether oxygens (including phenoxy) is 2. The third kappa shape index (κ3) is 7.02. The van der Waals surface area contributed by atoms with Crippen LogP contribution in [0.15, 0.2) is 46.1 Å². The molecule has 1 saturated heterocycles. The summed E-state index contributed by atoms with van der Waals surface area (Å²) in [5.41, 5.74) is -1.30. The summed E-state index contributed by atoms with van der Waals surface area (Å²) in [4.78, 5) is 38.5. The van der Waals surface area contributed by atoms with E-state index in [1.807, 2.05) is 0 Å². The monoisotopic (exact) mass is 579 g/mol. The Kier molecular flexibility index (Phi) is 9.28. The second-order valence-corrected chi connectivity index (χ2v) is 11.8. The minimum Gasteiger partial charge on any atom is -0.462 e. The lowest BCUT2D eigenvalue weighted by molar-refractivity contribution is -0.149. The van der Waals surface area contributed by atoms with Crippen molar-refractivity contribution in [3.05, 3.63) is 62.9 Å². The van der Waals surface area contributed by atoms with Crippen LogP contribution in [0.3, 0.4) is 0 Å². The number of nitrogens with zero attached hydrogens (tertiary/aromatic N) is 1. The van der Waals surface area contributed by atoms with Crippen LogP contribution in [0.1, 0.15) is 32.6 Å². The standard InChI is InChI=1S/C22H28Cl2N3O9P/c1-12(2)34-19(30)14(4)26-37(32,36-15-8-6-5-7-9-15)33-11-16-17(28)22(23,24)20(35-16)27-10-13(3)18(29)25-21(27)31/h5-10,12,14,16-17,20,28H,11H2,1-4H3,(H,26,32)(H,25,29,31)/t14-,16+,17+,20+,37-/m0/s1. The van der Waals surface area contributed by atoms with Gasteiger partial charge in [-0.1, -0.05) is 41.4 Å². The molecule has 1 aromatic heterocycles.